The van der Waals surface area contributed by atoms with Crippen LogP contribution in [0.5, 0.6) is 0 Å². The minimum Gasteiger partial charge on any atom is -0.380 e. The Morgan fingerprint density at radius 1 is 1.00 bits per heavy atom. The van der Waals surface area contributed by atoms with Crippen LogP contribution in [0.4, 0.5) is 23.2 Å². The molecule has 0 unspecified atom stereocenters. The Kier molecular flexibility index (Phi) is 4.59. The van der Waals surface area contributed by atoms with E-state index in [1.807, 2.05) is 20.8 Å². The molecule has 0 spiro atoms. The first-order chi connectivity index (χ1) is 8.22. The Labute approximate surface area is 104 Å². The monoisotopic (exact) mass is 263 g/mol. The van der Waals surface area contributed by atoms with Gasteiger partial charge in [-0.15, -0.1) is 0 Å². The summed E-state index contributed by atoms with van der Waals surface area (Å²) < 4.78 is 52.3. The fourth-order valence-electron chi connectivity index (χ4n) is 1.56. The summed E-state index contributed by atoms with van der Waals surface area (Å²) in [5.41, 5.74) is -0.632. The highest BCUT2D eigenvalue weighted by Crippen LogP contribution is 2.25. The summed E-state index contributed by atoms with van der Waals surface area (Å²) in [6, 6.07) is 0.199. The number of hydrogen-bond acceptors (Lipinski definition) is 1. The minimum atomic E-state index is -1.40. The molecule has 0 fully saturated rings. The lowest BCUT2D eigenvalue weighted by Crippen LogP contribution is -2.12. The topological polar surface area (TPSA) is 12.0 Å². The Balaban J connectivity index is 2.68. The zero-order valence-corrected chi connectivity index (χ0v) is 10.7. The van der Waals surface area contributed by atoms with E-state index < -0.39 is 29.0 Å². The summed E-state index contributed by atoms with van der Waals surface area (Å²) in [5.74, 6) is -5.56. The molecule has 1 rings (SSSR count). The van der Waals surface area contributed by atoms with Crippen LogP contribution >= 0.6 is 0 Å². The molecule has 0 atom stereocenters. The van der Waals surface area contributed by atoms with Gasteiger partial charge in [-0.1, -0.05) is 20.8 Å². The van der Waals surface area contributed by atoms with Gasteiger partial charge in [-0.2, -0.15) is 0 Å². The van der Waals surface area contributed by atoms with Crippen molar-refractivity contribution in [3.8, 4) is 0 Å². The molecule has 1 aromatic rings. The van der Waals surface area contributed by atoms with Crippen molar-refractivity contribution >= 4 is 5.69 Å². The second kappa shape index (κ2) is 5.59. The number of rotatable bonds is 4. The van der Waals surface area contributed by atoms with E-state index in [0.717, 1.165) is 6.42 Å². The smallest absolute Gasteiger partial charge is 0.185 e. The molecule has 0 aliphatic rings. The van der Waals surface area contributed by atoms with Crippen LogP contribution in [0.15, 0.2) is 6.07 Å². The van der Waals surface area contributed by atoms with Gasteiger partial charge in [-0.25, -0.2) is 17.6 Å². The molecule has 0 aliphatic heterocycles. The Morgan fingerprint density at radius 3 is 1.94 bits per heavy atom. The Hall–Kier alpha value is -1.26. The molecule has 1 nitrogen and oxygen atoms in total. The number of hydrogen-bond donors (Lipinski definition) is 1. The highest BCUT2D eigenvalue weighted by Gasteiger charge is 2.18. The quantitative estimate of drug-likeness (QED) is 0.479. The molecule has 0 heterocycles. The van der Waals surface area contributed by atoms with Gasteiger partial charge in [0.15, 0.2) is 23.3 Å². The van der Waals surface area contributed by atoms with Gasteiger partial charge >= 0.3 is 0 Å². The molecular weight excluding hydrogens is 246 g/mol. The largest absolute Gasteiger partial charge is 0.380 e. The van der Waals surface area contributed by atoms with Crippen LogP contribution in [0.25, 0.3) is 0 Å². The van der Waals surface area contributed by atoms with Crippen LogP contribution in [0, 0.1) is 28.7 Å². The summed E-state index contributed by atoms with van der Waals surface area (Å²) in [5, 5.41) is 2.41. The summed E-state index contributed by atoms with van der Waals surface area (Å²) in [6.45, 7) is 6.37. The van der Waals surface area contributed by atoms with E-state index in [0.29, 0.717) is 6.42 Å². The molecule has 0 amide bonds. The lowest BCUT2D eigenvalue weighted by molar-refractivity contribution is 0.370. The van der Waals surface area contributed by atoms with Crippen molar-refractivity contribution in [3.05, 3.63) is 29.3 Å². The summed E-state index contributed by atoms with van der Waals surface area (Å²) in [7, 11) is 0. The molecule has 0 aliphatic carbocycles. The molecule has 0 saturated carbocycles. The fraction of sp³-hybridized carbons (Fsp3) is 0.538. The Morgan fingerprint density at radius 2 is 1.50 bits per heavy atom. The van der Waals surface area contributed by atoms with Crippen molar-refractivity contribution in [3.63, 3.8) is 0 Å². The van der Waals surface area contributed by atoms with Gasteiger partial charge in [-0.3, -0.25) is 0 Å². The number of benzene rings is 1. The lowest BCUT2D eigenvalue weighted by Gasteiger charge is -2.18. The number of halogens is 4. The van der Waals surface area contributed by atoms with Crippen LogP contribution in [0.2, 0.25) is 0 Å². The average molecular weight is 263 g/mol. The third-order valence-electron chi connectivity index (χ3n) is 2.52. The van der Waals surface area contributed by atoms with E-state index in [-0.39, 0.29) is 18.0 Å². The maximum atomic E-state index is 13.3. The van der Waals surface area contributed by atoms with Crippen LogP contribution in [-0.4, -0.2) is 6.54 Å². The van der Waals surface area contributed by atoms with Crippen molar-refractivity contribution in [2.24, 2.45) is 5.41 Å². The van der Waals surface area contributed by atoms with Gasteiger partial charge in [0, 0.05) is 12.6 Å². The first-order valence-electron chi connectivity index (χ1n) is 5.79. The molecule has 0 radical (unpaired) electrons. The van der Waals surface area contributed by atoms with Gasteiger partial charge in [-0.05, 0) is 18.3 Å². The van der Waals surface area contributed by atoms with E-state index in [9.17, 15) is 17.6 Å². The molecule has 0 saturated heterocycles. The lowest BCUT2D eigenvalue weighted by atomic mass is 9.91. The van der Waals surface area contributed by atoms with E-state index >= 15 is 0 Å². The predicted octanol–water partition coefficient (Wildman–Crippen LogP) is 4.48. The second-order valence-electron chi connectivity index (χ2n) is 5.43. The molecule has 0 aromatic heterocycles. The van der Waals surface area contributed by atoms with E-state index in [2.05, 4.69) is 5.32 Å². The zero-order chi connectivity index (χ0) is 13.9. The third kappa shape index (κ3) is 3.89. The van der Waals surface area contributed by atoms with Gasteiger partial charge in [0.05, 0.1) is 0 Å². The molecule has 5 heteroatoms. The standard InChI is InChI=1S/C13H17F4N/c1-13(2,3)5-4-6-18-12-10(16)8(14)7-9(15)11(12)17/h7,18H,4-6H2,1-3H3. The van der Waals surface area contributed by atoms with Crippen molar-refractivity contribution in [1.82, 2.24) is 0 Å². The SMILES string of the molecule is CC(C)(C)CCCNc1c(F)c(F)cc(F)c1F. The van der Waals surface area contributed by atoms with Gasteiger partial charge in [0.2, 0.25) is 0 Å². The van der Waals surface area contributed by atoms with Crippen molar-refractivity contribution < 1.29 is 17.6 Å². The van der Waals surface area contributed by atoms with Crippen LogP contribution in [-0.2, 0) is 0 Å². The van der Waals surface area contributed by atoms with Crippen LogP contribution < -0.4 is 5.32 Å². The number of nitrogens with one attached hydrogen (secondary N) is 1. The van der Waals surface area contributed by atoms with Gasteiger partial charge < -0.3 is 5.32 Å². The summed E-state index contributed by atoms with van der Waals surface area (Å²) in [6.07, 6.45) is 1.49. The van der Waals surface area contributed by atoms with Crippen LogP contribution in [0.1, 0.15) is 33.6 Å². The van der Waals surface area contributed by atoms with Crippen molar-refractivity contribution in [2.75, 3.05) is 11.9 Å². The predicted molar refractivity (Wildman–Crippen MR) is 63.5 cm³/mol. The molecule has 102 valence electrons. The molecular formula is C13H17F4N. The first kappa shape index (κ1) is 14.8. The van der Waals surface area contributed by atoms with E-state index in [1.165, 1.54) is 0 Å². The molecule has 0 bridgehead atoms. The normalized spacial score (nSPS) is 11.7. The summed E-state index contributed by atoms with van der Waals surface area (Å²) in [4.78, 5) is 0. The summed E-state index contributed by atoms with van der Waals surface area (Å²) >= 11 is 0. The second-order valence-corrected chi connectivity index (χ2v) is 5.43. The maximum Gasteiger partial charge on any atom is 0.185 e. The highest BCUT2D eigenvalue weighted by atomic mass is 19.2. The third-order valence-corrected chi connectivity index (χ3v) is 2.52. The maximum absolute atomic E-state index is 13.3. The average Bonchev–Trinajstić information content (AvgIpc) is 2.24. The number of anilines is 1. The zero-order valence-electron chi connectivity index (χ0n) is 10.7. The van der Waals surface area contributed by atoms with Crippen LogP contribution in [0.3, 0.4) is 0 Å². The highest BCUT2D eigenvalue weighted by molar-refractivity contribution is 5.47. The molecule has 1 N–H and O–H groups in total. The molecule has 1 aromatic carbocycles. The van der Waals surface area contributed by atoms with Gasteiger partial charge in [0.1, 0.15) is 5.69 Å². The van der Waals surface area contributed by atoms with Crippen molar-refractivity contribution in [1.29, 1.82) is 0 Å². The van der Waals surface area contributed by atoms with Crippen molar-refractivity contribution in [2.45, 2.75) is 33.6 Å². The Bertz CT molecular complexity index is 398. The van der Waals surface area contributed by atoms with E-state index in [4.69, 9.17) is 0 Å². The minimum absolute atomic E-state index is 0.103. The molecule has 18 heavy (non-hydrogen) atoms. The van der Waals surface area contributed by atoms with Gasteiger partial charge in [0.25, 0.3) is 0 Å². The van der Waals surface area contributed by atoms with E-state index in [1.54, 1.807) is 0 Å². The fourth-order valence-corrected chi connectivity index (χ4v) is 1.56. The first-order valence-corrected chi connectivity index (χ1v) is 5.79.